The van der Waals surface area contributed by atoms with E-state index in [4.69, 9.17) is 0 Å². The molecule has 0 unspecified atom stereocenters. The van der Waals surface area contributed by atoms with E-state index in [-0.39, 0.29) is 35.2 Å². The lowest BCUT2D eigenvalue weighted by atomic mass is 9.84. The van der Waals surface area contributed by atoms with E-state index in [1.54, 1.807) is 19.2 Å². The lowest BCUT2D eigenvalue weighted by Crippen LogP contribution is -2.50. The molecular weight excluding hydrogens is 478 g/mol. The minimum Gasteiger partial charge on any atom is -0.371 e. The van der Waals surface area contributed by atoms with Crippen LogP contribution < -0.4 is 15.5 Å². The van der Waals surface area contributed by atoms with E-state index in [0.717, 1.165) is 37.5 Å². The molecule has 0 aromatic heterocycles. The topological polar surface area (TPSA) is 39.7 Å². The molecule has 2 N–H and O–H groups in total. The van der Waals surface area contributed by atoms with Crippen molar-refractivity contribution in [1.82, 2.24) is 10.6 Å². The summed E-state index contributed by atoms with van der Waals surface area (Å²) in [5, 5.41) is 6.97. The van der Waals surface area contributed by atoms with Crippen LogP contribution in [0.4, 0.5) is 10.1 Å². The Balaban J connectivity index is 0.00000300. The van der Waals surface area contributed by atoms with E-state index in [1.807, 2.05) is 6.07 Å². The van der Waals surface area contributed by atoms with Crippen LogP contribution in [0.5, 0.6) is 0 Å². The molecule has 1 aliphatic heterocycles. The predicted octanol–water partition coefficient (Wildman–Crippen LogP) is 4.56. The Morgan fingerprint density at radius 2 is 1.79 bits per heavy atom. The summed E-state index contributed by atoms with van der Waals surface area (Å²) in [6, 6.07) is 17.8. The molecule has 1 aliphatic rings. The van der Waals surface area contributed by atoms with Crippen molar-refractivity contribution in [1.29, 1.82) is 0 Å². The Hall–Kier alpha value is -1.83. The highest BCUT2D eigenvalue weighted by atomic mass is 127. The molecule has 0 aliphatic carbocycles. The first-order valence-electron chi connectivity index (χ1n) is 10.0. The highest BCUT2D eigenvalue weighted by molar-refractivity contribution is 14.0. The molecular formula is C23H32FIN4. The van der Waals surface area contributed by atoms with Crippen LogP contribution in [-0.2, 0) is 5.41 Å². The Morgan fingerprint density at radius 3 is 2.41 bits per heavy atom. The Labute approximate surface area is 191 Å². The van der Waals surface area contributed by atoms with Gasteiger partial charge in [-0.2, -0.15) is 0 Å². The molecule has 29 heavy (non-hydrogen) atoms. The first-order chi connectivity index (χ1) is 13.5. The number of nitrogens with one attached hydrogen (secondary N) is 2. The summed E-state index contributed by atoms with van der Waals surface area (Å²) in [4.78, 5) is 6.81. The van der Waals surface area contributed by atoms with Gasteiger partial charge in [-0.15, -0.1) is 24.0 Å². The van der Waals surface area contributed by atoms with Crippen LogP contribution in [0.1, 0.15) is 32.3 Å². The zero-order chi connectivity index (χ0) is 20.0. The van der Waals surface area contributed by atoms with Gasteiger partial charge >= 0.3 is 0 Å². The van der Waals surface area contributed by atoms with Crippen molar-refractivity contribution in [3.05, 3.63) is 66.0 Å². The molecule has 3 rings (SSSR count). The van der Waals surface area contributed by atoms with Crippen molar-refractivity contribution in [2.45, 2.75) is 38.1 Å². The Morgan fingerprint density at radius 1 is 1.10 bits per heavy atom. The molecule has 0 saturated carbocycles. The minimum atomic E-state index is -0.198. The third-order valence-electron chi connectivity index (χ3n) is 5.48. The van der Waals surface area contributed by atoms with Gasteiger partial charge in [-0.3, -0.25) is 4.99 Å². The molecule has 0 radical (unpaired) electrons. The lowest BCUT2D eigenvalue weighted by molar-refractivity contribution is 0.453. The largest absolute Gasteiger partial charge is 0.371 e. The SMILES string of the molecule is CN=C(NCC(C)(C)c1cccc(F)c1)NC1CCN(c2ccccc2)CC1.I. The van der Waals surface area contributed by atoms with E-state index < -0.39 is 0 Å². The average molecular weight is 510 g/mol. The van der Waals surface area contributed by atoms with Crippen LogP contribution in [0.3, 0.4) is 0 Å². The van der Waals surface area contributed by atoms with E-state index in [2.05, 4.69) is 64.7 Å². The van der Waals surface area contributed by atoms with Crippen LogP contribution in [0, 0.1) is 5.82 Å². The number of rotatable bonds is 5. The molecule has 0 amide bonds. The smallest absolute Gasteiger partial charge is 0.191 e. The molecule has 1 saturated heterocycles. The Bertz CT molecular complexity index is 786. The fourth-order valence-corrected chi connectivity index (χ4v) is 3.63. The number of piperidine rings is 1. The van der Waals surface area contributed by atoms with Crippen LogP contribution >= 0.6 is 24.0 Å². The standard InChI is InChI=1S/C23H31FN4.HI/c1-23(2,18-8-7-9-19(24)16-18)17-26-22(25-3)27-20-12-14-28(15-13-20)21-10-5-4-6-11-21;/h4-11,16,20H,12-15,17H2,1-3H3,(H2,25,26,27);1H. The fourth-order valence-electron chi connectivity index (χ4n) is 3.63. The maximum Gasteiger partial charge on any atom is 0.191 e. The van der Waals surface area contributed by atoms with Crippen molar-refractivity contribution in [3.63, 3.8) is 0 Å². The zero-order valence-corrected chi connectivity index (χ0v) is 19.8. The first kappa shape index (κ1) is 23.4. The van der Waals surface area contributed by atoms with Gasteiger partial charge in [0.15, 0.2) is 5.96 Å². The minimum absolute atomic E-state index is 0. The second kappa shape index (κ2) is 10.8. The summed E-state index contributed by atoms with van der Waals surface area (Å²) in [5.74, 6) is 0.612. The van der Waals surface area contributed by atoms with Gasteiger partial charge in [-0.1, -0.05) is 44.2 Å². The molecule has 4 nitrogen and oxygen atoms in total. The van der Waals surface area contributed by atoms with Gasteiger partial charge in [-0.05, 0) is 42.7 Å². The molecule has 1 fully saturated rings. The number of aliphatic imine (C=N–C) groups is 1. The molecule has 2 aromatic rings. The summed E-state index contributed by atoms with van der Waals surface area (Å²) in [6.45, 7) is 6.97. The Kier molecular flexibility index (Phi) is 8.74. The van der Waals surface area contributed by atoms with Gasteiger partial charge in [0.2, 0.25) is 0 Å². The van der Waals surface area contributed by atoms with Crippen molar-refractivity contribution in [2.24, 2.45) is 4.99 Å². The van der Waals surface area contributed by atoms with Crippen LogP contribution in [0.15, 0.2) is 59.6 Å². The second-order valence-corrected chi connectivity index (χ2v) is 8.06. The third-order valence-corrected chi connectivity index (χ3v) is 5.48. The number of anilines is 1. The molecule has 158 valence electrons. The van der Waals surface area contributed by atoms with Gasteiger partial charge in [0.05, 0.1) is 0 Å². The van der Waals surface area contributed by atoms with Gasteiger partial charge in [0, 0.05) is 43.8 Å². The van der Waals surface area contributed by atoms with Crippen molar-refractivity contribution < 1.29 is 4.39 Å². The van der Waals surface area contributed by atoms with Crippen LogP contribution in [0.2, 0.25) is 0 Å². The maximum atomic E-state index is 13.6. The average Bonchev–Trinajstić information content (AvgIpc) is 2.72. The summed E-state index contributed by atoms with van der Waals surface area (Å²) in [5.41, 5.74) is 2.07. The van der Waals surface area contributed by atoms with Gasteiger partial charge in [-0.25, -0.2) is 4.39 Å². The third kappa shape index (κ3) is 6.59. The number of para-hydroxylation sites is 1. The van der Waals surface area contributed by atoms with Gasteiger partial charge in [0.25, 0.3) is 0 Å². The van der Waals surface area contributed by atoms with E-state index in [1.165, 1.54) is 11.8 Å². The lowest BCUT2D eigenvalue weighted by Gasteiger charge is -2.35. The van der Waals surface area contributed by atoms with Crippen molar-refractivity contribution in [3.8, 4) is 0 Å². The van der Waals surface area contributed by atoms with E-state index in [9.17, 15) is 4.39 Å². The number of nitrogens with zero attached hydrogens (tertiary/aromatic N) is 2. The van der Waals surface area contributed by atoms with Crippen molar-refractivity contribution in [2.75, 3.05) is 31.6 Å². The molecule has 0 bridgehead atoms. The maximum absolute atomic E-state index is 13.6. The van der Waals surface area contributed by atoms with Crippen LogP contribution in [-0.4, -0.2) is 38.7 Å². The van der Waals surface area contributed by atoms with Crippen LogP contribution in [0.25, 0.3) is 0 Å². The molecule has 2 aromatic carbocycles. The van der Waals surface area contributed by atoms with Gasteiger partial charge in [0.1, 0.15) is 5.82 Å². The number of halogens is 2. The number of hydrogen-bond donors (Lipinski definition) is 2. The normalized spacial score (nSPS) is 15.6. The zero-order valence-electron chi connectivity index (χ0n) is 17.5. The fraction of sp³-hybridized carbons (Fsp3) is 0.435. The van der Waals surface area contributed by atoms with Crippen molar-refractivity contribution >= 4 is 35.6 Å². The summed E-state index contributed by atoms with van der Waals surface area (Å²) in [6.07, 6.45) is 2.14. The predicted molar refractivity (Wildman–Crippen MR) is 131 cm³/mol. The number of hydrogen-bond acceptors (Lipinski definition) is 2. The summed E-state index contributed by atoms with van der Waals surface area (Å²) < 4.78 is 13.6. The number of guanidine groups is 1. The molecule has 1 heterocycles. The van der Waals surface area contributed by atoms with E-state index in [0.29, 0.717) is 12.6 Å². The summed E-state index contributed by atoms with van der Waals surface area (Å²) in [7, 11) is 1.80. The molecule has 6 heteroatoms. The monoisotopic (exact) mass is 510 g/mol. The second-order valence-electron chi connectivity index (χ2n) is 8.06. The number of benzene rings is 2. The highest BCUT2D eigenvalue weighted by Crippen LogP contribution is 2.23. The summed E-state index contributed by atoms with van der Waals surface area (Å²) >= 11 is 0. The van der Waals surface area contributed by atoms with Gasteiger partial charge < -0.3 is 15.5 Å². The quantitative estimate of drug-likeness (QED) is 0.352. The first-order valence-corrected chi connectivity index (χ1v) is 10.0. The molecule has 0 spiro atoms. The highest BCUT2D eigenvalue weighted by Gasteiger charge is 2.23. The molecule has 0 atom stereocenters. The van der Waals surface area contributed by atoms with E-state index >= 15 is 0 Å².